The first-order chi connectivity index (χ1) is 7.72. The highest BCUT2D eigenvalue weighted by Gasteiger charge is 2.09. The van der Waals surface area contributed by atoms with Crippen LogP contribution >= 0.6 is 0 Å². The van der Waals surface area contributed by atoms with Crippen molar-refractivity contribution in [2.24, 2.45) is 0 Å². The monoisotopic (exact) mass is 217 g/mol. The lowest BCUT2D eigenvalue weighted by atomic mass is 10.0. The summed E-state index contributed by atoms with van der Waals surface area (Å²) in [7, 11) is 0. The molecule has 0 radical (unpaired) electrons. The molecule has 0 aliphatic rings. The topological polar surface area (TPSA) is 49.9 Å². The molecule has 0 saturated carbocycles. The highest BCUT2D eigenvalue weighted by Crippen LogP contribution is 2.18. The summed E-state index contributed by atoms with van der Waals surface area (Å²) in [4.78, 5) is 24.8. The van der Waals surface area contributed by atoms with E-state index < -0.39 is 11.4 Å². The molecule has 0 saturated heterocycles. The molecule has 1 heterocycles. The minimum Gasteiger partial charge on any atom is -0.329 e. The number of aldehydes is 1. The minimum atomic E-state index is -0.447. The number of halogens is 1. The SMILES string of the molecule is O=Cc1cc[nH]c(=O)c1-c1cccc(F)c1. The van der Waals surface area contributed by atoms with Crippen LogP contribution in [-0.4, -0.2) is 11.3 Å². The van der Waals surface area contributed by atoms with Crippen molar-refractivity contribution in [1.29, 1.82) is 0 Å². The molecule has 0 atom stereocenters. The molecule has 3 nitrogen and oxygen atoms in total. The van der Waals surface area contributed by atoms with Gasteiger partial charge in [0.2, 0.25) is 0 Å². The van der Waals surface area contributed by atoms with E-state index in [0.717, 1.165) is 0 Å². The van der Waals surface area contributed by atoms with Crippen LogP contribution in [0.25, 0.3) is 11.1 Å². The predicted octanol–water partition coefficient (Wildman–Crippen LogP) is 1.99. The van der Waals surface area contributed by atoms with Crippen molar-refractivity contribution in [3.63, 3.8) is 0 Å². The zero-order valence-corrected chi connectivity index (χ0v) is 8.24. The Balaban J connectivity index is 2.73. The maximum Gasteiger partial charge on any atom is 0.256 e. The van der Waals surface area contributed by atoms with Crippen molar-refractivity contribution in [3.8, 4) is 11.1 Å². The third-order valence-electron chi connectivity index (χ3n) is 2.23. The van der Waals surface area contributed by atoms with E-state index in [0.29, 0.717) is 11.8 Å². The molecule has 0 spiro atoms. The number of rotatable bonds is 2. The van der Waals surface area contributed by atoms with Crippen LogP contribution in [0.3, 0.4) is 0 Å². The molecule has 80 valence electrons. The smallest absolute Gasteiger partial charge is 0.256 e. The highest BCUT2D eigenvalue weighted by molar-refractivity contribution is 5.86. The third kappa shape index (κ3) is 1.77. The van der Waals surface area contributed by atoms with Crippen molar-refractivity contribution in [2.75, 3.05) is 0 Å². The molecule has 1 N–H and O–H groups in total. The molecule has 2 rings (SSSR count). The van der Waals surface area contributed by atoms with Gasteiger partial charge < -0.3 is 4.98 Å². The molecule has 0 aliphatic heterocycles. The molecule has 0 bridgehead atoms. The van der Waals surface area contributed by atoms with E-state index in [1.165, 1.54) is 30.5 Å². The molecular formula is C12H8FNO2. The Morgan fingerprint density at radius 2 is 2.06 bits per heavy atom. The summed E-state index contributed by atoms with van der Waals surface area (Å²) in [5.41, 5.74) is 0.422. The van der Waals surface area contributed by atoms with Crippen molar-refractivity contribution >= 4 is 6.29 Å². The Morgan fingerprint density at radius 1 is 1.25 bits per heavy atom. The Kier molecular flexibility index (Phi) is 2.64. The summed E-state index contributed by atoms with van der Waals surface area (Å²) in [6, 6.07) is 7.06. The second kappa shape index (κ2) is 4.10. The van der Waals surface area contributed by atoms with E-state index in [1.54, 1.807) is 6.07 Å². The molecule has 1 aromatic heterocycles. The van der Waals surface area contributed by atoms with Crippen LogP contribution in [0, 0.1) is 5.82 Å². The van der Waals surface area contributed by atoms with Gasteiger partial charge in [-0.05, 0) is 23.8 Å². The van der Waals surface area contributed by atoms with Gasteiger partial charge in [0.05, 0.1) is 5.56 Å². The van der Waals surface area contributed by atoms with Gasteiger partial charge in [-0.15, -0.1) is 0 Å². The molecule has 16 heavy (non-hydrogen) atoms. The number of hydrogen-bond donors (Lipinski definition) is 1. The largest absolute Gasteiger partial charge is 0.329 e. The third-order valence-corrected chi connectivity index (χ3v) is 2.23. The highest BCUT2D eigenvalue weighted by atomic mass is 19.1. The Hall–Kier alpha value is -2.23. The fraction of sp³-hybridized carbons (Fsp3) is 0. The van der Waals surface area contributed by atoms with Gasteiger partial charge in [-0.3, -0.25) is 9.59 Å². The first-order valence-electron chi connectivity index (χ1n) is 4.65. The number of aromatic nitrogens is 1. The summed E-state index contributed by atoms with van der Waals surface area (Å²) < 4.78 is 13.0. The lowest BCUT2D eigenvalue weighted by Crippen LogP contribution is -2.10. The fourth-order valence-corrected chi connectivity index (χ4v) is 1.53. The number of pyridine rings is 1. The van der Waals surface area contributed by atoms with Crippen LogP contribution < -0.4 is 5.56 Å². The first kappa shape index (κ1) is 10.3. The van der Waals surface area contributed by atoms with Crippen LogP contribution in [0.1, 0.15) is 10.4 Å². The van der Waals surface area contributed by atoms with Crippen LogP contribution in [0.4, 0.5) is 4.39 Å². The van der Waals surface area contributed by atoms with E-state index in [9.17, 15) is 14.0 Å². The van der Waals surface area contributed by atoms with E-state index in [-0.39, 0.29) is 11.1 Å². The van der Waals surface area contributed by atoms with Crippen molar-refractivity contribution < 1.29 is 9.18 Å². The lowest BCUT2D eigenvalue weighted by Gasteiger charge is -2.03. The van der Waals surface area contributed by atoms with Gasteiger partial charge >= 0.3 is 0 Å². The van der Waals surface area contributed by atoms with Gasteiger partial charge in [0.25, 0.3) is 5.56 Å². The Labute approximate surface area is 90.6 Å². The number of benzene rings is 1. The molecule has 1 aromatic carbocycles. The number of carbonyl (C=O) groups is 1. The number of hydrogen-bond acceptors (Lipinski definition) is 2. The van der Waals surface area contributed by atoms with E-state index in [1.807, 2.05) is 0 Å². The molecular weight excluding hydrogens is 209 g/mol. The fourth-order valence-electron chi connectivity index (χ4n) is 1.53. The zero-order valence-electron chi connectivity index (χ0n) is 8.24. The van der Waals surface area contributed by atoms with Crippen molar-refractivity contribution in [2.45, 2.75) is 0 Å². The summed E-state index contributed by atoms with van der Waals surface area (Å²) in [5.74, 6) is -0.447. The molecule has 2 aromatic rings. The summed E-state index contributed by atoms with van der Waals surface area (Å²) in [6.45, 7) is 0. The van der Waals surface area contributed by atoms with Gasteiger partial charge in [0, 0.05) is 11.8 Å². The summed E-state index contributed by atoms with van der Waals surface area (Å²) in [6.07, 6.45) is 1.96. The Morgan fingerprint density at radius 3 is 2.75 bits per heavy atom. The quantitative estimate of drug-likeness (QED) is 0.782. The average molecular weight is 217 g/mol. The van der Waals surface area contributed by atoms with Crippen molar-refractivity contribution in [1.82, 2.24) is 4.98 Å². The van der Waals surface area contributed by atoms with Gasteiger partial charge in [-0.2, -0.15) is 0 Å². The summed E-state index contributed by atoms with van der Waals surface area (Å²) in [5, 5.41) is 0. The van der Waals surface area contributed by atoms with E-state index in [2.05, 4.69) is 4.98 Å². The number of carbonyl (C=O) groups excluding carboxylic acids is 1. The second-order valence-corrected chi connectivity index (χ2v) is 3.27. The molecule has 0 amide bonds. The second-order valence-electron chi connectivity index (χ2n) is 3.27. The van der Waals surface area contributed by atoms with Crippen LogP contribution in [0.5, 0.6) is 0 Å². The average Bonchev–Trinajstić information content (AvgIpc) is 2.28. The predicted molar refractivity (Wildman–Crippen MR) is 57.8 cm³/mol. The van der Waals surface area contributed by atoms with E-state index in [4.69, 9.17) is 0 Å². The normalized spacial score (nSPS) is 10.1. The van der Waals surface area contributed by atoms with Crippen molar-refractivity contribution in [3.05, 3.63) is 58.3 Å². The maximum atomic E-state index is 13.0. The number of H-pyrrole nitrogens is 1. The number of nitrogens with one attached hydrogen (secondary N) is 1. The van der Waals surface area contributed by atoms with Crippen LogP contribution in [-0.2, 0) is 0 Å². The molecule has 0 unspecified atom stereocenters. The van der Waals surface area contributed by atoms with Gasteiger partial charge in [0.15, 0.2) is 6.29 Å². The summed E-state index contributed by atoms with van der Waals surface area (Å²) >= 11 is 0. The molecule has 4 heteroatoms. The molecule has 0 fully saturated rings. The van der Waals surface area contributed by atoms with Crippen LogP contribution in [0.2, 0.25) is 0 Å². The molecule has 0 aliphatic carbocycles. The van der Waals surface area contributed by atoms with Gasteiger partial charge in [-0.25, -0.2) is 4.39 Å². The minimum absolute atomic E-state index is 0.192. The number of aromatic amines is 1. The lowest BCUT2D eigenvalue weighted by molar-refractivity contribution is 0.112. The maximum absolute atomic E-state index is 13.0. The van der Waals surface area contributed by atoms with Gasteiger partial charge in [-0.1, -0.05) is 12.1 Å². The standard InChI is InChI=1S/C12H8FNO2/c13-10-3-1-2-8(6-10)11-9(7-15)4-5-14-12(11)16/h1-7H,(H,14,16). The Bertz CT molecular complexity index is 590. The van der Waals surface area contributed by atoms with Gasteiger partial charge in [0.1, 0.15) is 5.82 Å². The zero-order chi connectivity index (χ0) is 11.5. The van der Waals surface area contributed by atoms with E-state index >= 15 is 0 Å². The first-order valence-corrected chi connectivity index (χ1v) is 4.65. The van der Waals surface area contributed by atoms with Crippen LogP contribution in [0.15, 0.2) is 41.3 Å².